The van der Waals surface area contributed by atoms with Crippen LogP contribution < -0.4 is 13.9 Å². The third kappa shape index (κ3) is 4.85. The van der Waals surface area contributed by atoms with Gasteiger partial charge in [-0.2, -0.15) is 4.57 Å². The molecule has 3 aliphatic heterocycles. The lowest BCUT2D eigenvalue weighted by Gasteiger charge is -2.33. The summed E-state index contributed by atoms with van der Waals surface area (Å²) in [6.07, 6.45) is 3.25. The maximum atomic E-state index is 7.81. The fourth-order valence-corrected chi connectivity index (χ4v) is 10.5. The van der Waals surface area contributed by atoms with E-state index < -0.39 is 5.85 Å². The van der Waals surface area contributed by atoms with Crippen LogP contribution in [0.3, 0.4) is 0 Å². The summed E-state index contributed by atoms with van der Waals surface area (Å²) in [5, 5.41) is 0. The first kappa shape index (κ1) is 35.0. The summed E-state index contributed by atoms with van der Waals surface area (Å²) >= 11 is 0. The van der Waals surface area contributed by atoms with Crippen LogP contribution in [0.4, 0.5) is 0 Å². The maximum absolute atomic E-state index is 7.81. The summed E-state index contributed by atoms with van der Waals surface area (Å²) in [5.41, 5.74) is 22.7. The van der Waals surface area contributed by atoms with Crippen LogP contribution in [-0.4, -0.2) is 4.57 Å². The molecule has 60 heavy (non-hydrogen) atoms. The molecule has 4 heteroatoms. The lowest BCUT2D eigenvalue weighted by molar-refractivity contribution is -0.997. The van der Waals surface area contributed by atoms with Crippen molar-refractivity contribution < 1.29 is 13.9 Å². The Morgan fingerprint density at radius 3 is 2.07 bits per heavy atom. The third-order valence-electron chi connectivity index (χ3n) is 13.0. The number of benzene rings is 7. The van der Waals surface area contributed by atoms with Crippen molar-refractivity contribution in [2.24, 2.45) is 5.92 Å². The van der Waals surface area contributed by atoms with E-state index >= 15 is 0 Å². The van der Waals surface area contributed by atoms with Crippen molar-refractivity contribution in [3.63, 3.8) is 0 Å². The Morgan fingerprint density at radius 2 is 1.30 bits per heavy atom. The molecule has 0 N–H and O–H groups in total. The van der Waals surface area contributed by atoms with E-state index in [0.717, 1.165) is 46.0 Å². The molecule has 0 radical (unpaired) electrons. The molecule has 12 rings (SSSR count). The zero-order chi connectivity index (χ0) is 40.4. The number of aryl methyl sites for hydroxylation is 3. The first-order chi connectivity index (χ1) is 29.3. The quantitative estimate of drug-likeness (QED) is 0.154. The number of rotatable bonds is 6. The van der Waals surface area contributed by atoms with Gasteiger partial charge in [-0.05, 0) is 132 Å². The molecule has 1 unspecified atom stereocenters. The van der Waals surface area contributed by atoms with Crippen LogP contribution in [-0.2, 0) is 12.3 Å². The summed E-state index contributed by atoms with van der Waals surface area (Å²) in [6.45, 7) is 11.2. The Hall–Kier alpha value is -7.04. The molecular formula is C56H45N3O+2. The number of para-hydroxylation sites is 1. The minimum Gasteiger partial charge on any atom is -0.392 e. The Balaban J connectivity index is 1.23. The molecule has 9 aromatic rings. The second kappa shape index (κ2) is 12.7. The molecule has 1 spiro atoms. The van der Waals surface area contributed by atoms with Crippen molar-refractivity contribution in [3.8, 4) is 78.6 Å². The van der Waals surface area contributed by atoms with Crippen LogP contribution >= 0.6 is 0 Å². The molecular weight excluding hydrogens is 731 g/mol. The van der Waals surface area contributed by atoms with Crippen molar-refractivity contribution in [2.45, 2.75) is 46.9 Å². The lowest BCUT2D eigenvalue weighted by Crippen LogP contribution is -2.78. The number of aromatic nitrogens is 3. The van der Waals surface area contributed by atoms with Crippen molar-refractivity contribution >= 4 is 11.0 Å². The summed E-state index contributed by atoms with van der Waals surface area (Å²) < 4.78 is 15.3. The Labute approximate surface area is 351 Å². The van der Waals surface area contributed by atoms with Crippen molar-refractivity contribution in [1.82, 2.24) is 4.57 Å². The number of pyridine rings is 1. The van der Waals surface area contributed by atoms with Gasteiger partial charge in [-0.25, -0.2) is 0 Å². The monoisotopic (exact) mass is 775 g/mol. The van der Waals surface area contributed by atoms with Crippen LogP contribution in [0.5, 0.6) is 5.75 Å². The first-order valence-corrected chi connectivity index (χ1v) is 21.3. The highest BCUT2D eigenvalue weighted by atomic mass is 16.5. The van der Waals surface area contributed by atoms with Gasteiger partial charge in [0.1, 0.15) is 16.8 Å². The molecule has 1 atom stereocenters. The van der Waals surface area contributed by atoms with E-state index in [1.54, 1.807) is 0 Å². The van der Waals surface area contributed by atoms with E-state index in [1.165, 1.54) is 77.8 Å². The highest BCUT2D eigenvalue weighted by Gasteiger charge is 2.68. The van der Waals surface area contributed by atoms with E-state index in [9.17, 15) is 0 Å². The second-order valence-electron chi connectivity index (χ2n) is 17.5. The van der Waals surface area contributed by atoms with Crippen LogP contribution in [0.1, 0.15) is 41.7 Å². The molecule has 7 aromatic carbocycles. The van der Waals surface area contributed by atoms with Crippen molar-refractivity contribution in [3.05, 3.63) is 192 Å². The minimum absolute atomic E-state index is 0.492. The fourth-order valence-electron chi connectivity index (χ4n) is 10.5. The molecule has 0 fully saturated rings. The van der Waals surface area contributed by atoms with Gasteiger partial charge in [0.15, 0.2) is 23.0 Å². The molecule has 0 amide bonds. The van der Waals surface area contributed by atoms with Gasteiger partial charge < -0.3 is 4.74 Å². The van der Waals surface area contributed by atoms with E-state index in [4.69, 9.17) is 4.74 Å². The Bertz CT molecular complexity index is 3250. The number of hydrogen-bond acceptors (Lipinski definition) is 1. The highest BCUT2D eigenvalue weighted by molar-refractivity contribution is 5.99. The number of imidazole rings is 1. The highest BCUT2D eigenvalue weighted by Crippen LogP contribution is 2.55. The van der Waals surface area contributed by atoms with E-state index in [1.807, 2.05) is 0 Å². The Kier molecular flexibility index (Phi) is 7.41. The molecule has 3 aliphatic rings. The van der Waals surface area contributed by atoms with Gasteiger partial charge in [0.2, 0.25) is 5.69 Å². The van der Waals surface area contributed by atoms with Crippen LogP contribution in [0.25, 0.3) is 83.9 Å². The molecule has 0 saturated carbocycles. The summed E-state index contributed by atoms with van der Waals surface area (Å²) in [7, 11) is 0. The molecule has 0 bridgehead atoms. The molecule has 2 aromatic heterocycles. The second-order valence-corrected chi connectivity index (χ2v) is 17.5. The third-order valence-corrected chi connectivity index (χ3v) is 13.0. The summed E-state index contributed by atoms with van der Waals surface area (Å²) in [4.78, 5) is 0. The van der Waals surface area contributed by atoms with Crippen LogP contribution in [0.2, 0.25) is 0 Å². The van der Waals surface area contributed by atoms with Crippen molar-refractivity contribution in [1.29, 1.82) is 0 Å². The molecule has 288 valence electrons. The summed E-state index contributed by atoms with van der Waals surface area (Å²) in [5.74, 6) is 1.52. The molecule has 0 saturated heterocycles. The van der Waals surface area contributed by atoms with Crippen LogP contribution in [0, 0.1) is 26.7 Å². The molecule has 4 nitrogen and oxygen atoms in total. The first-order valence-electron chi connectivity index (χ1n) is 21.3. The predicted molar refractivity (Wildman–Crippen MR) is 242 cm³/mol. The van der Waals surface area contributed by atoms with Gasteiger partial charge in [0.05, 0.1) is 5.56 Å². The van der Waals surface area contributed by atoms with Gasteiger partial charge in [0.25, 0.3) is 0 Å². The topological polar surface area (TPSA) is 21.9 Å². The molecule has 5 heterocycles. The van der Waals surface area contributed by atoms with Gasteiger partial charge in [-0.15, -0.1) is 9.13 Å². The molecule has 0 aliphatic carbocycles. The van der Waals surface area contributed by atoms with Crippen molar-refractivity contribution in [2.75, 3.05) is 0 Å². The SMILES string of the molecule is Cc1ccc(-c2cc[n+]3c(c2)-c2cc(-c4ccccc4)cc4c2C32Oc3c(C)cc(C)cc3-c3n(-c5ccc(-c6ccccc6)c(CC(C)C)c5)c5cccc-4c5[n+]32)cc1. The van der Waals surface area contributed by atoms with Gasteiger partial charge >= 0.3 is 11.7 Å². The standard InChI is InChI=1S/C56H45N3O/c1-34(2)27-43-30-44(23-24-45(43)40-15-10-7-11-16-40)58-50-18-12-17-46-47-31-42(38-13-8-6-9-14-38)32-48-51-33-41(39-21-19-35(3)20-22-39)25-26-57(51)56(52(47)48)59(53(46)50)55(58)49-29-36(4)28-37(5)54(49)60-56/h6-26,28-34H,27H2,1-5H3/q+2. The lowest BCUT2D eigenvalue weighted by atomic mass is 9.85. The maximum Gasteiger partial charge on any atom is 0.499 e. The Morgan fingerprint density at radius 1 is 0.567 bits per heavy atom. The fraction of sp³-hybridized carbons (Fsp3) is 0.143. The minimum atomic E-state index is -1.02. The predicted octanol–water partition coefficient (Wildman–Crippen LogP) is 12.6. The zero-order valence-corrected chi connectivity index (χ0v) is 34.6. The van der Waals surface area contributed by atoms with Gasteiger partial charge in [-0.3, -0.25) is 0 Å². The largest absolute Gasteiger partial charge is 0.499 e. The number of hydrogen-bond donors (Lipinski definition) is 0. The van der Waals surface area contributed by atoms with E-state index in [-0.39, 0.29) is 0 Å². The van der Waals surface area contributed by atoms with E-state index in [0.29, 0.717) is 5.92 Å². The zero-order valence-electron chi connectivity index (χ0n) is 34.6. The van der Waals surface area contributed by atoms with Gasteiger partial charge in [-0.1, -0.05) is 116 Å². The smallest absolute Gasteiger partial charge is 0.392 e. The summed E-state index contributed by atoms with van der Waals surface area (Å²) in [6, 6.07) is 58.6. The average Bonchev–Trinajstić information content (AvgIpc) is 3.76. The average molecular weight is 776 g/mol. The number of fused-ring (bicyclic) bond motifs is 5. The van der Waals surface area contributed by atoms with Crippen LogP contribution in [0.15, 0.2) is 164 Å². The van der Waals surface area contributed by atoms with Gasteiger partial charge in [0, 0.05) is 23.3 Å². The van der Waals surface area contributed by atoms with E-state index in [2.05, 4.69) is 212 Å². The number of nitrogens with zero attached hydrogens (tertiary/aromatic N) is 3. The number of ether oxygens (including phenoxy) is 1. The normalized spacial score (nSPS) is 15.2.